The lowest BCUT2D eigenvalue weighted by atomic mass is 10.2. The molecule has 2 rings (SSSR count). The number of aliphatic hydroxyl groups is 1. The molecule has 15 heavy (non-hydrogen) atoms. The van der Waals surface area contributed by atoms with Gasteiger partial charge in [-0.15, -0.1) is 0 Å². The van der Waals surface area contributed by atoms with Crippen LogP contribution in [0.1, 0.15) is 11.1 Å². The minimum Gasteiger partial charge on any atom is -0.392 e. The van der Waals surface area contributed by atoms with Gasteiger partial charge < -0.3 is 5.11 Å². The zero-order chi connectivity index (χ0) is 10.7. The first-order valence-electron chi connectivity index (χ1n) is 4.66. The average Bonchev–Trinajstić information content (AvgIpc) is 2.62. The molecule has 0 fully saturated rings. The number of hydrogen-bond acceptors (Lipinski definition) is 2. The highest BCUT2D eigenvalue weighted by Gasteiger charge is 2.07. The van der Waals surface area contributed by atoms with Gasteiger partial charge in [0.05, 0.1) is 19.3 Å². The summed E-state index contributed by atoms with van der Waals surface area (Å²) in [6.45, 7) is 0.549. The fourth-order valence-corrected chi connectivity index (χ4v) is 1.59. The monoisotopic (exact) mass is 222 g/mol. The topological polar surface area (TPSA) is 38.1 Å². The van der Waals surface area contributed by atoms with Crippen LogP contribution in [0.2, 0.25) is 5.15 Å². The second-order valence-electron chi connectivity index (χ2n) is 3.26. The van der Waals surface area contributed by atoms with Gasteiger partial charge in [0.1, 0.15) is 5.15 Å². The Morgan fingerprint density at radius 3 is 2.60 bits per heavy atom. The number of rotatable bonds is 3. The van der Waals surface area contributed by atoms with Gasteiger partial charge in [-0.05, 0) is 5.56 Å². The van der Waals surface area contributed by atoms with Crippen LogP contribution >= 0.6 is 11.6 Å². The van der Waals surface area contributed by atoms with Crippen molar-refractivity contribution >= 4 is 11.6 Å². The highest BCUT2D eigenvalue weighted by molar-refractivity contribution is 6.30. The number of aliphatic hydroxyl groups excluding tert-OH is 1. The number of hydrogen-bond donors (Lipinski definition) is 1. The van der Waals surface area contributed by atoms with Crippen LogP contribution in [0, 0.1) is 0 Å². The van der Waals surface area contributed by atoms with Crippen molar-refractivity contribution in [2.75, 3.05) is 0 Å². The van der Waals surface area contributed by atoms with Crippen LogP contribution in [0.3, 0.4) is 0 Å². The van der Waals surface area contributed by atoms with Crippen molar-refractivity contribution < 1.29 is 5.11 Å². The van der Waals surface area contributed by atoms with E-state index in [2.05, 4.69) is 5.10 Å². The van der Waals surface area contributed by atoms with Gasteiger partial charge in [0.2, 0.25) is 0 Å². The Bertz CT molecular complexity index is 439. The Morgan fingerprint density at radius 1 is 1.27 bits per heavy atom. The molecule has 0 bridgehead atoms. The normalized spacial score (nSPS) is 10.5. The van der Waals surface area contributed by atoms with E-state index in [0.717, 1.165) is 5.56 Å². The Kier molecular flexibility index (Phi) is 3.04. The van der Waals surface area contributed by atoms with Gasteiger partial charge in [-0.2, -0.15) is 5.10 Å². The highest BCUT2D eigenvalue weighted by Crippen LogP contribution is 2.16. The average molecular weight is 223 g/mol. The predicted octanol–water partition coefficient (Wildman–Crippen LogP) is 2.08. The molecule has 0 spiro atoms. The van der Waals surface area contributed by atoms with Gasteiger partial charge in [0.15, 0.2) is 0 Å². The maximum atomic E-state index is 8.96. The molecule has 0 saturated carbocycles. The first kappa shape index (κ1) is 10.2. The molecular formula is C11H11ClN2O. The molecule has 0 unspecified atom stereocenters. The van der Waals surface area contributed by atoms with Gasteiger partial charge in [-0.1, -0.05) is 41.9 Å². The zero-order valence-electron chi connectivity index (χ0n) is 8.10. The summed E-state index contributed by atoms with van der Waals surface area (Å²) >= 11 is 6.01. The minimum atomic E-state index is -0.0758. The minimum absolute atomic E-state index is 0.0758. The van der Waals surface area contributed by atoms with E-state index in [0.29, 0.717) is 17.3 Å². The molecule has 3 nitrogen and oxygen atoms in total. The van der Waals surface area contributed by atoms with E-state index in [9.17, 15) is 0 Å². The summed E-state index contributed by atoms with van der Waals surface area (Å²) in [5.41, 5.74) is 1.79. The Hall–Kier alpha value is -1.32. The van der Waals surface area contributed by atoms with Crippen molar-refractivity contribution in [3.63, 3.8) is 0 Å². The molecule has 1 aromatic heterocycles. The third-order valence-electron chi connectivity index (χ3n) is 2.19. The molecular weight excluding hydrogens is 212 g/mol. The summed E-state index contributed by atoms with van der Waals surface area (Å²) in [6.07, 6.45) is 1.59. The molecule has 78 valence electrons. The second kappa shape index (κ2) is 4.47. The molecule has 1 N–H and O–H groups in total. The van der Waals surface area contributed by atoms with Gasteiger partial charge >= 0.3 is 0 Å². The van der Waals surface area contributed by atoms with E-state index in [1.807, 2.05) is 30.3 Å². The molecule has 0 atom stereocenters. The van der Waals surface area contributed by atoms with Crippen molar-refractivity contribution in [1.29, 1.82) is 0 Å². The van der Waals surface area contributed by atoms with Gasteiger partial charge in [-0.3, -0.25) is 0 Å². The standard InChI is InChI=1S/C11H11ClN2O/c12-11-10(8-15)6-13-14(11)7-9-4-2-1-3-5-9/h1-6,15H,7-8H2. The summed E-state index contributed by atoms with van der Waals surface area (Å²) < 4.78 is 1.67. The van der Waals surface area contributed by atoms with Crippen molar-refractivity contribution in [2.24, 2.45) is 0 Å². The van der Waals surface area contributed by atoms with Crippen molar-refractivity contribution in [3.05, 3.63) is 52.8 Å². The zero-order valence-corrected chi connectivity index (χ0v) is 8.85. The van der Waals surface area contributed by atoms with Crippen LogP contribution in [0.25, 0.3) is 0 Å². The summed E-state index contributed by atoms with van der Waals surface area (Å²) in [5.74, 6) is 0. The second-order valence-corrected chi connectivity index (χ2v) is 3.62. The van der Waals surface area contributed by atoms with Crippen LogP contribution in [-0.4, -0.2) is 14.9 Å². The fraction of sp³-hybridized carbons (Fsp3) is 0.182. The maximum Gasteiger partial charge on any atom is 0.132 e. The molecule has 0 aliphatic heterocycles. The van der Waals surface area contributed by atoms with Gasteiger partial charge in [-0.25, -0.2) is 4.68 Å². The Morgan fingerprint density at radius 2 is 2.00 bits per heavy atom. The number of nitrogens with zero attached hydrogens (tertiary/aromatic N) is 2. The summed E-state index contributed by atoms with van der Waals surface area (Å²) in [7, 11) is 0. The molecule has 2 aromatic rings. The maximum absolute atomic E-state index is 8.96. The lowest BCUT2D eigenvalue weighted by Gasteiger charge is -2.03. The third kappa shape index (κ3) is 2.19. The van der Waals surface area contributed by atoms with E-state index >= 15 is 0 Å². The highest BCUT2D eigenvalue weighted by atomic mass is 35.5. The molecule has 1 heterocycles. The first-order chi connectivity index (χ1) is 7.31. The predicted molar refractivity (Wildman–Crippen MR) is 58.7 cm³/mol. The summed E-state index contributed by atoms with van der Waals surface area (Å²) in [5, 5.41) is 13.6. The molecule has 4 heteroatoms. The first-order valence-corrected chi connectivity index (χ1v) is 5.04. The van der Waals surface area contributed by atoms with E-state index in [1.54, 1.807) is 10.9 Å². The van der Waals surface area contributed by atoms with Crippen LogP contribution in [0.5, 0.6) is 0 Å². The molecule has 0 radical (unpaired) electrons. The largest absolute Gasteiger partial charge is 0.392 e. The molecule has 1 aromatic carbocycles. The quantitative estimate of drug-likeness (QED) is 0.864. The molecule has 0 aliphatic rings. The number of halogens is 1. The number of aromatic nitrogens is 2. The van der Waals surface area contributed by atoms with E-state index < -0.39 is 0 Å². The fourth-order valence-electron chi connectivity index (χ4n) is 1.38. The van der Waals surface area contributed by atoms with E-state index in [-0.39, 0.29) is 6.61 Å². The molecule has 0 aliphatic carbocycles. The SMILES string of the molecule is OCc1cnn(Cc2ccccc2)c1Cl. The van der Waals surface area contributed by atoms with Crippen molar-refractivity contribution in [2.45, 2.75) is 13.2 Å². The molecule has 0 amide bonds. The number of benzene rings is 1. The summed E-state index contributed by atoms with van der Waals surface area (Å²) in [4.78, 5) is 0. The van der Waals surface area contributed by atoms with Crippen LogP contribution < -0.4 is 0 Å². The van der Waals surface area contributed by atoms with Crippen molar-refractivity contribution in [3.8, 4) is 0 Å². The molecule has 0 saturated heterocycles. The smallest absolute Gasteiger partial charge is 0.132 e. The van der Waals surface area contributed by atoms with Crippen molar-refractivity contribution in [1.82, 2.24) is 9.78 Å². The van der Waals surface area contributed by atoms with Gasteiger partial charge in [0.25, 0.3) is 0 Å². The Balaban J connectivity index is 2.21. The Labute approximate surface area is 92.9 Å². The van der Waals surface area contributed by atoms with Crippen LogP contribution in [-0.2, 0) is 13.2 Å². The lowest BCUT2D eigenvalue weighted by Crippen LogP contribution is -2.01. The summed E-state index contributed by atoms with van der Waals surface area (Å²) in [6, 6.07) is 9.93. The van der Waals surface area contributed by atoms with Crippen LogP contribution in [0.4, 0.5) is 0 Å². The third-order valence-corrected chi connectivity index (χ3v) is 2.63. The van der Waals surface area contributed by atoms with E-state index in [4.69, 9.17) is 16.7 Å². The lowest BCUT2D eigenvalue weighted by molar-refractivity contribution is 0.282. The van der Waals surface area contributed by atoms with Gasteiger partial charge in [0, 0.05) is 5.56 Å². The van der Waals surface area contributed by atoms with Crippen LogP contribution in [0.15, 0.2) is 36.5 Å². The van der Waals surface area contributed by atoms with E-state index in [1.165, 1.54) is 0 Å².